The van der Waals surface area contributed by atoms with E-state index in [4.69, 9.17) is 23.7 Å². The van der Waals surface area contributed by atoms with Gasteiger partial charge < -0.3 is 23.7 Å². The van der Waals surface area contributed by atoms with Crippen LogP contribution in [-0.4, -0.2) is 52.4 Å². The van der Waals surface area contributed by atoms with Gasteiger partial charge in [-0.2, -0.15) is 13.2 Å². The third-order valence-corrected chi connectivity index (χ3v) is 4.03. The Hall–Kier alpha value is -2.45. The van der Waals surface area contributed by atoms with E-state index in [0.717, 1.165) is 11.1 Å². The Labute approximate surface area is 160 Å². The first-order valence-electron chi connectivity index (χ1n) is 8.74. The second-order valence-corrected chi connectivity index (χ2v) is 6.20. The molecule has 1 heterocycles. The Balaban J connectivity index is 1.69. The van der Waals surface area contributed by atoms with Crippen molar-refractivity contribution in [2.75, 3.05) is 40.1 Å². The number of hydrogen-bond donors (Lipinski definition) is 0. The summed E-state index contributed by atoms with van der Waals surface area (Å²) < 4.78 is 63.5. The van der Waals surface area contributed by atoms with Crippen molar-refractivity contribution in [2.24, 2.45) is 0 Å². The fourth-order valence-corrected chi connectivity index (χ4v) is 2.67. The summed E-state index contributed by atoms with van der Waals surface area (Å²) in [6, 6.07) is 11.8. The lowest BCUT2D eigenvalue weighted by Crippen LogP contribution is -2.33. The van der Waals surface area contributed by atoms with Gasteiger partial charge in [-0.15, -0.1) is 0 Å². The highest BCUT2D eigenvalue weighted by atomic mass is 19.4. The molecule has 0 saturated carbocycles. The molecule has 2 aromatic rings. The molecule has 3 rings (SSSR count). The maximum atomic E-state index is 12.3. The van der Waals surface area contributed by atoms with Crippen LogP contribution in [0.15, 0.2) is 42.5 Å². The predicted molar refractivity (Wildman–Crippen MR) is 96.0 cm³/mol. The summed E-state index contributed by atoms with van der Waals surface area (Å²) in [5, 5.41) is 0. The van der Waals surface area contributed by atoms with Crippen LogP contribution in [0.2, 0.25) is 0 Å². The zero-order valence-electron chi connectivity index (χ0n) is 15.3. The number of benzene rings is 2. The van der Waals surface area contributed by atoms with Crippen LogP contribution in [0.4, 0.5) is 13.2 Å². The molecule has 5 nitrogen and oxygen atoms in total. The first-order chi connectivity index (χ1) is 13.4. The standard InChI is InChI=1S/C20H21F3O5/c1-24-17-8-15(9-18(10-17)27-12-19-11-25-6-7-26-19)14-2-4-16(5-3-14)28-13-20(21,22)23/h2-5,8-10,19H,6-7,11-13H2,1H3. The van der Waals surface area contributed by atoms with Crippen LogP contribution in [-0.2, 0) is 9.47 Å². The number of halogens is 3. The fourth-order valence-electron chi connectivity index (χ4n) is 2.67. The van der Waals surface area contributed by atoms with Gasteiger partial charge in [-0.05, 0) is 35.4 Å². The molecule has 2 aromatic carbocycles. The van der Waals surface area contributed by atoms with Crippen LogP contribution in [0.3, 0.4) is 0 Å². The molecule has 1 aliphatic rings. The minimum Gasteiger partial charge on any atom is -0.497 e. The van der Waals surface area contributed by atoms with Crippen LogP contribution >= 0.6 is 0 Å². The number of alkyl halides is 3. The normalized spacial score (nSPS) is 17.2. The predicted octanol–water partition coefficient (Wildman–Crippen LogP) is 4.10. The summed E-state index contributed by atoms with van der Waals surface area (Å²) in [7, 11) is 1.55. The van der Waals surface area contributed by atoms with E-state index in [9.17, 15) is 13.2 Å². The molecule has 1 aliphatic heterocycles. The molecule has 1 unspecified atom stereocenters. The zero-order chi connectivity index (χ0) is 20.0. The van der Waals surface area contributed by atoms with Gasteiger partial charge in [-0.1, -0.05) is 12.1 Å². The van der Waals surface area contributed by atoms with Gasteiger partial charge in [0.2, 0.25) is 0 Å². The van der Waals surface area contributed by atoms with Crippen LogP contribution in [0.1, 0.15) is 0 Å². The molecule has 0 aliphatic carbocycles. The van der Waals surface area contributed by atoms with Gasteiger partial charge in [0.25, 0.3) is 0 Å². The highest BCUT2D eigenvalue weighted by molar-refractivity contribution is 5.68. The van der Waals surface area contributed by atoms with E-state index in [0.29, 0.717) is 37.9 Å². The second-order valence-electron chi connectivity index (χ2n) is 6.20. The van der Waals surface area contributed by atoms with Gasteiger partial charge in [0.1, 0.15) is 30.0 Å². The molecule has 152 valence electrons. The Kier molecular flexibility index (Phi) is 6.64. The molecular formula is C20H21F3O5. The van der Waals surface area contributed by atoms with E-state index in [1.807, 2.05) is 12.1 Å². The lowest BCUT2D eigenvalue weighted by molar-refractivity contribution is -0.153. The van der Waals surface area contributed by atoms with Crippen LogP contribution in [0.5, 0.6) is 17.2 Å². The molecule has 28 heavy (non-hydrogen) atoms. The molecule has 0 bridgehead atoms. The van der Waals surface area contributed by atoms with E-state index in [2.05, 4.69) is 0 Å². The van der Waals surface area contributed by atoms with Crippen LogP contribution in [0.25, 0.3) is 11.1 Å². The second kappa shape index (κ2) is 9.16. The SMILES string of the molecule is COc1cc(OCC2COCCO2)cc(-c2ccc(OCC(F)(F)F)cc2)c1. The van der Waals surface area contributed by atoms with Gasteiger partial charge in [-0.25, -0.2) is 0 Å². The van der Waals surface area contributed by atoms with Gasteiger partial charge in [0.15, 0.2) is 6.61 Å². The molecule has 0 N–H and O–H groups in total. The zero-order valence-corrected chi connectivity index (χ0v) is 15.3. The quantitative estimate of drug-likeness (QED) is 0.703. The molecule has 8 heteroatoms. The molecule has 0 amide bonds. The van der Waals surface area contributed by atoms with E-state index in [-0.39, 0.29) is 11.9 Å². The number of methoxy groups -OCH3 is 1. The molecule has 1 fully saturated rings. The van der Waals surface area contributed by atoms with Crippen molar-refractivity contribution in [1.29, 1.82) is 0 Å². The monoisotopic (exact) mass is 398 g/mol. The minimum atomic E-state index is -4.37. The van der Waals surface area contributed by atoms with Crippen molar-refractivity contribution in [3.05, 3.63) is 42.5 Å². The highest BCUT2D eigenvalue weighted by Gasteiger charge is 2.28. The largest absolute Gasteiger partial charge is 0.497 e. The van der Waals surface area contributed by atoms with E-state index in [1.54, 1.807) is 25.3 Å². The molecular weight excluding hydrogens is 377 g/mol. The number of ether oxygens (including phenoxy) is 5. The maximum Gasteiger partial charge on any atom is 0.422 e. The Morgan fingerprint density at radius 2 is 1.68 bits per heavy atom. The molecule has 0 aromatic heterocycles. The van der Waals surface area contributed by atoms with Crippen molar-refractivity contribution in [2.45, 2.75) is 12.3 Å². The summed E-state index contributed by atoms with van der Waals surface area (Å²) in [6.07, 6.45) is -4.50. The maximum absolute atomic E-state index is 12.3. The van der Waals surface area contributed by atoms with Crippen molar-refractivity contribution >= 4 is 0 Å². The first kappa shape index (κ1) is 20.3. The smallest absolute Gasteiger partial charge is 0.422 e. The number of hydrogen-bond acceptors (Lipinski definition) is 5. The van der Waals surface area contributed by atoms with Crippen molar-refractivity contribution in [1.82, 2.24) is 0 Å². The third-order valence-electron chi connectivity index (χ3n) is 4.03. The lowest BCUT2D eigenvalue weighted by Gasteiger charge is -2.23. The van der Waals surface area contributed by atoms with Crippen molar-refractivity contribution in [3.63, 3.8) is 0 Å². The fraction of sp³-hybridized carbons (Fsp3) is 0.400. The summed E-state index contributed by atoms with van der Waals surface area (Å²) in [6.45, 7) is 0.631. The van der Waals surface area contributed by atoms with E-state index in [1.165, 1.54) is 12.1 Å². The van der Waals surface area contributed by atoms with Crippen molar-refractivity contribution < 1.29 is 36.9 Å². The van der Waals surface area contributed by atoms with Crippen molar-refractivity contribution in [3.8, 4) is 28.4 Å². The van der Waals surface area contributed by atoms with E-state index < -0.39 is 12.8 Å². The lowest BCUT2D eigenvalue weighted by atomic mass is 10.0. The molecule has 1 atom stereocenters. The summed E-state index contributed by atoms with van der Waals surface area (Å²) in [5.74, 6) is 1.35. The summed E-state index contributed by atoms with van der Waals surface area (Å²) in [5.41, 5.74) is 1.60. The summed E-state index contributed by atoms with van der Waals surface area (Å²) in [4.78, 5) is 0. The molecule has 1 saturated heterocycles. The minimum absolute atomic E-state index is 0.131. The van der Waals surface area contributed by atoms with Crippen LogP contribution in [0, 0.1) is 0 Å². The van der Waals surface area contributed by atoms with Crippen LogP contribution < -0.4 is 14.2 Å². The Bertz CT molecular complexity index is 755. The Morgan fingerprint density at radius 3 is 2.32 bits per heavy atom. The summed E-state index contributed by atoms with van der Waals surface area (Å²) >= 11 is 0. The average Bonchev–Trinajstić information content (AvgIpc) is 2.71. The highest BCUT2D eigenvalue weighted by Crippen LogP contribution is 2.31. The topological polar surface area (TPSA) is 46.2 Å². The third kappa shape index (κ3) is 6.03. The van der Waals surface area contributed by atoms with Gasteiger partial charge in [-0.3, -0.25) is 0 Å². The molecule has 0 radical (unpaired) electrons. The average molecular weight is 398 g/mol. The first-order valence-corrected chi connectivity index (χ1v) is 8.74. The molecule has 0 spiro atoms. The van der Waals surface area contributed by atoms with E-state index >= 15 is 0 Å². The van der Waals surface area contributed by atoms with Gasteiger partial charge in [0, 0.05) is 6.07 Å². The van der Waals surface area contributed by atoms with Gasteiger partial charge >= 0.3 is 6.18 Å². The van der Waals surface area contributed by atoms with Gasteiger partial charge in [0.05, 0.1) is 26.9 Å². The Morgan fingerprint density at radius 1 is 0.929 bits per heavy atom. The number of rotatable bonds is 7.